The van der Waals surface area contributed by atoms with Gasteiger partial charge in [0, 0.05) is 17.1 Å². The quantitative estimate of drug-likeness (QED) is 0.500. The number of anilines is 1. The smallest absolute Gasteiger partial charge is 0.335 e. The number of halogens is 1. The molecule has 1 N–H and O–H groups in total. The molecule has 0 spiro atoms. The lowest BCUT2D eigenvalue weighted by atomic mass is 10.1. The SMILES string of the molecule is COc1ccc(N2C(=O)NC(=O)/C(=C\c3cc(C)n(-c4cccc(F)c4)c3C)C2=O)cc1. The molecule has 32 heavy (non-hydrogen) atoms. The predicted molar refractivity (Wildman–Crippen MR) is 117 cm³/mol. The Labute approximate surface area is 183 Å². The van der Waals surface area contributed by atoms with E-state index in [1.165, 1.54) is 25.3 Å². The monoisotopic (exact) mass is 433 g/mol. The number of ether oxygens (including phenoxy) is 1. The molecule has 4 rings (SSSR count). The number of hydrogen-bond acceptors (Lipinski definition) is 4. The van der Waals surface area contributed by atoms with Crippen LogP contribution in [0.2, 0.25) is 0 Å². The van der Waals surface area contributed by atoms with Crippen molar-refractivity contribution in [1.82, 2.24) is 9.88 Å². The minimum Gasteiger partial charge on any atom is -0.497 e. The molecular formula is C24H20FN3O4. The van der Waals surface area contributed by atoms with Crippen molar-refractivity contribution in [3.63, 3.8) is 0 Å². The van der Waals surface area contributed by atoms with E-state index in [4.69, 9.17) is 4.74 Å². The van der Waals surface area contributed by atoms with Gasteiger partial charge in [-0.3, -0.25) is 14.9 Å². The van der Waals surface area contributed by atoms with E-state index >= 15 is 0 Å². The van der Waals surface area contributed by atoms with Gasteiger partial charge in [-0.2, -0.15) is 0 Å². The van der Waals surface area contributed by atoms with E-state index < -0.39 is 17.8 Å². The summed E-state index contributed by atoms with van der Waals surface area (Å²) in [5, 5.41) is 2.21. The van der Waals surface area contributed by atoms with Crippen LogP contribution in [0.15, 0.2) is 60.2 Å². The number of aryl methyl sites for hydroxylation is 1. The molecule has 0 saturated carbocycles. The maximum absolute atomic E-state index is 13.7. The highest BCUT2D eigenvalue weighted by Crippen LogP contribution is 2.27. The number of imide groups is 2. The van der Waals surface area contributed by atoms with Crippen molar-refractivity contribution in [2.75, 3.05) is 12.0 Å². The molecule has 0 radical (unpaired) electrons. The molecule has 8 heteroatoms. The lowest BCUT2D eigenvalue weighted by Crippen LogP contribution is -2.54. The van der Waals surface area contributed by atoms with Gasteiger partial charge in [0.1, 0.15) is 17.1 Å². The molecule has 1 saturated heterocycles. The molecule has 0 aliphatic carbocycles. The van der Waals surface area contributed by atoms with Gasteiger partial charge in [0.25, 0.3) is 11.8 Å². The number of amides is 4. The van der Waals surface area contributed by atoms with E-state index in [9.17, 15) is 18.8 Å². The number of benzene rings is 2. The Morgan fingerprint density at radius 2 is 1.69 bits per heavy atom. The highest BCUT2D eigenvalue weighted by molar-refractivity contribution is 6.39. The van der Waals surface area contributed by atoms with Crippen molar-refractivity contribution < 1.29 is 23.5 Å². The minimum atomic E-state index is -0.826. The number of urea groups is 1. The largest absolute Gasteiger partial charge is 0.497 e. The first-order valence-corrected chi connectivity index (χ1v) is 9.80. The van der Waals surface area contributed by atoms with Crippen LogP contribution < -0.4 is 15.0 Å². The standard InChI is InChI=1S/C24H20FN3O4/c1-14-11-16(15(2)27(14)19-6-4-5-17(25)13-19)12-21-22(29)26-24(31)28(23(21)30)18-7-9-20(32-3)10-8-18/h4-13H,1-3H3,(H,26,29,31)/b21-12+. The summed E-state index contributed by atoms with van der Waals surface area (Å²) in [6.07, 6.45) is 1.44. The summed E-state index contributed by atoms with van der Waals surface area (Å²) in [6, 6.07) is 13.4. The number of hydrogen-bond donors (Lipinski definition) is 1. The fourth-order valence-electron chi connectivity index (χ4n) is 3.73. The van der Waals surface area contributed by atoms with Crippen LogP contribution in [0, 0.1) is 19.7 Å². The zero-order chi connectivity index (χ0) is 23.0. The number of aromatic nitrogens is 1. The van der Waals surface area contributed by atoms with E-state index in [-0.39, 0.29) is 11.4 Å². The number of rotatable bonds is 4. The summed E-state index contributed by atoms with van der Waals surface area (Å²) in [6.45, 7) is 3.65. The molecule has 1 aliphatic rings. The van der Waals surface area contributed by atoms with E-state index in [1.807, 2.05) is 18.4 Å². The van der Waals surface area contributed by atoms with Crippen LogP contribution >= 0.6 is 0 Å². The summed E-state index contributed by atoms with van der Waals surface area (Å²) in [4.78, 5) is 38.9. The second-order valence-electron chi connectivity index (χ2n) is 7.30. The number of carbonyl (C=O) groups is 3. The minimum absolute atomic E-state index is 0.181. The van der Waals surface area contributed by atoms with Gasteiger partial charge in [0.2, 0.25) is 0 Å². The number of nitrogens with one attached hydrogen (secondary N) is 1. The van der Waals surface area contributed by atoms with Crippen LogP contribution in [0.25, 0.3) is 11.8 Å². The number of nitrogens with zero attached hydrogens (tertiary/aromatic N) is 2. The van der Waals surface area contributed by atoms with Gasteiger partial charge in [0.15, 0.2) is 0 Å². The third-order valence-corrected chi connectivity index (χ3v) is 5.27. The zero-order valence-corrected chi connectivity index (χ0v) is 17.7. The third-order valence-electron chi connectivity index (χ3n) is 5.27. The first-order valence-electron chi connectivity index (χ1n) is 9.80. The fourth-order valence-corrected chi connectivity index (χ4v) is 3.73. The lowest BCUT2D eigenvalue weighted by Gasteiger charge is -2.26. The summed E-state index contributed by atoms with van der Waals surface area (Å²) in [5.41, 5.74) is 2.87. The highest BCUT2D eigenvalue weighted by Gasteiger charge is 2.37. The zero-order valence-electron chi connectivity index (χ0n) is 17.7. The van der Waals surface area contributed by atoms with Gasteiger partial charge in [0.05, 0.1) is 12.8 Å². The lowest BCUT2D eigenvalue weighted by molar-refractivity contribution is -0.122. The molecule has 7 nitrogen and oxygen atoms in total. The first-order chi connectivity index (χ1) is 15.3. The summed E-state index contributed by atoms with van der Waals surface area (Å²) >= 11 is 0. The topological polar surface area (TPSA) is 80.6 Å². The van der Waals surface area contributed by atoms with Gasteiger partial charge < -0.3 is 9.30 Å². The molecular weight excluding hydrogens is 413 g/mol. The van der Waals surface area contributed by atoms with Crippen molar-refractivity contribution in [3.8, 4) is 11.4 Å². The van der Waals surface area contributed by atoms with Crippen molar-refractivity contribution in [3.05, 3.63) is 82.9 Å². The van der Waals surface area contributed by atoms with E-state index in [0.29, 0.717) is 28.4 Å². The fraction of sp³-hybridized carbons (Fsp3) is 0.125. The van der Waals surface area contributed by atoms with Crippen molar-refractivity contribution in [2.45, 2.75) is 13.8 Å². The molecule has 2 heterocycles. The maximum Gasteiger partial charge on any atom is 0.335 e. The van der Waals surface area contributed by atoms with Gasteiger partial charge in [-0.1, -0.05) is 6.07 Å². The summed E-state index contributed by atoms with van der Waals surface area (Å²) < 4.78 is 20.6. The molecule has 1 fully saturated rings. The molecule has 1 aromatic heterocycles. The van der Waals surface area contributed by atoms with E-state index in [2.05, 4.69) is 5.32 Å². The van der Waals surface area contributed by atoms with Gasteiger partial charge in [-0.15, -0.1) is 0 Å². The van der Waals surface area contributed by atoms with Crippen molar-refractivity contribution in [1.29, 1.82) is 0 Å². The average Bonchev–Trinajstić information content (AvgIpc) is 3.04. The summed E-state index contributed by atoms with van der Waals surface area (Å²) in [5.74, 6) is -1.32. The van der Waals surface area contributed by atoms with Gasteiger partial charge in [-0.25, -0.2) is 14.1 Å². The Hall–Kier alpha value is -4.20. The normalized spacial score (nSPS) is 15.3. The molecule has 4 amide bonds. The molecule has 0 unspecified atom stereocenters. The number of barbiturate groups is 1. The second-order valence-corrected chi connectivity index (χ2v) is 7.30. The molecule has 2 aromatic carbocycles. The Morgan fingerprint density at radius 1 is 0.969 bits per heavy atom. The van der Waals surface area contributed by atoms with Crippen LogP contribution in [0.5, 0.6) is 5.75 Å². The van der Waals surface area contributed by atoms with Gasteiger partial charge in [-0.05, 0) is 74.0 Å². The second kappa shape index (κ2) is 8.14. The van der Waals surface area contributed by atoms with Gasteiger partial charge >= 0.3 is 6.03 Å². The first kappa shape index (κ1) is 21.0. The predicted octanol–water partition coefficient (Wildman–Crippen LogP) is 3.91. The average molecular weight is 433 g/mol. The Kier molecular flexibility index (Phi) is 5.36. The molecule has 1 aliphatic heterocycles. The van der Waals surface area contributed by atoms with Crippen molar-refractivity contribution in [2.24, 2.45) is 0 Å². The molecule has 0 atom stereocenters. The van der Waals surface area contributed by atoms with Crippen molar-refractivity contribution >= 4 is 29.6 Å². The van der Waals surface area contributed by atoms with Crippen LogP contribution in [0.4, 0.5) is 14.9 Å². The number of methoxy groups -OCH3 is 1. The molecule has 162 valence electrons. The maximum atomic E-state index is 13.7. The number of carbonyl (C=O) groups excluding carboxylic acids is 3. The molecule has 0 bridgehead atoms. The highest BCUT2D eigenvalue weighted by atomic mass is 19.1. The van der Waals surface area contributed by atoms with E-state index in [0.717, 1.165) is 10.6 Å². The van der Waals surface area contributed by atoms with Crippen LogP contribution in [0.3, 0.4) is 0 Å². The van der Waals surface area contributed by atoms with Crippen LogP contribution in [0.1, 0.15) is 17.0 Å². The van der Waals surface area contributed by atoms with Crippen LogP contribution in [-0.4, -0.2) is 29.5 Å². The Morgan fingerprint density at radius 3 is 2.34 bits per heavy atom. The summed E-state index contributed by atoms with van der Waals surface area (Å²) in [7, 11) is 1.51. The molecule has 3 aromatic rings. The Bertz CT molecular complexity index is 1270. The third kappa shape index (κ3) is 3.66. The van der Waals surface area contributed by atoms with E-state index in [1.54, 1.807) is 42.5 Å². The van der Waals surface area contributed by atoms with Crippen LogP contribution in [-0.2, 0) is 9.59 Å². The Balaban J connectivity index is 1.74.